The standard InChI is InChI=1S/C22H19ClF3N5O/c23-18-4-2-1-3-17(18)19-9-10-20(29-28-19)30-11-13-31(14-12-30)21(32)27-16-7-5-15(6-8-16)22(24,25)26/h1-10H,11-14H2,(H,27,32). The van der Waals surface area contributed by atoms with Gasteiger partial charge in [-0.2, -0.15) is 13.2 Å². The van der Waals surface area contributed by atoms with Gasteiger partial charge in [0.05, 0.1) is 16.3 Å². The number of halogens is 4. The summed E-state index contributed by atoms with van der Waals surface area (Å²) in [7, 11) is 0. The minimum absolute atomic E-state index is 0.312. The highest BCUT2D eigenvalue weighted by Gasteiger charge is 2.30. The second-order valence-corrected chi connectivity index (χ2v) is 7.64. The third-order valence-electron chi connectivity index (χ3n) is 5.15. The van der Waals surface area contributed by atoms with E-state index in [4.69, 9.17) is 11.6 Å². The Morgan fingerprint density at radius 3 is 2.19 bits per heavy atom. The second-order valence-electron chi connectivity index (χ2n) is 7.24. The van der Waals surface area contributed by atoms with Crippen molar-refractivity contribution in [3.63, 3.8) is 0 Å². The van der Waals surface area contributed by atoms with E-state index in [-0.39, 0.29) is 6.03 Å². The molecule has 0 bridgehead atoms. The zero-order valence-electron chi connectivity index (χ0n) is 16.8. The molecule has 4 rings (SSSR count). The average molecular weight is 462 g/mol. The van der Waals surface area contributed by atoms with Crippen molar-refractivity contribution < 1.29 is 18.0 Å². The third kappa shape index (κ3) is 4.94. The fourth-order valence-corrected chi connectivity index (χ4v) is 3.62. The highest BCUT2D eigenvalue weighted by atomic mass is 35.5. The summed E-state index contributed by atoms with van der Waals surface area (Å²) in [5.41, 5.74) is 1.03. The highest BCUT2D eigenvalue weighted by Crippen LogP contribution is 2.30. The molecule has 1 saturated heterocycles. The van der Waals surface area contributed by atoms with E-state index < -0.39 is 11.7 Å². The van der Waals surface area contributed by atoms with Crippen LogP contribution in [0.5, 0.6) is 0 Å². The van der Waals surface area contributed by atoms with Crippen LogP contribution in [0.2, 0.25) is 5.02 Å². The maximum Gasteiger partial charge on any atom is 0.416 e. The number of anilines is 2. The number of hydrogen-bond donors (Lipinski definition) is 1. The van der Waals surface area contributed by atoms with Crippen molar-refractivity contribution in [1.82, 2.24) is 15.1 Å². The molecule has 2 heterocycles. The van der Waals surface area contributed by atoms with Crippen LogP contribution in [0.15, 0.2) is 60.7 Å². The molecule has 0 saturated carbocycles. The number of benzene rings is 2. The molecule has 1 aliphatic heterocycles. The first-order valence-corrected chi connectivity index (χ1v) is 10.3. The van der Waals surface area contributed by atoms with Gasteiger partial charge in [0.15, 0.2) is 5.82 Å². The van der Waals surface area contributed by atoms with Crippen molar-refractivity contribution in [1.29, 1.82) is 0 Å². The number of carbonyl (C=O) groups excluding carboxylic acids is 1. The maximum atomic E-state index is 12.7. The minimum Gasteiger partial charge on any atom is -0.352 e. The van der Waals surface area contributed by atoms with E-state index in [9.17, 15) is 18.0 Å². The van der Waals surface area contributed by atoms with Gasteiger partial charge in [0, 0.05) is 37.4 Å². The van der Waals surface area contributed by atoms with Crippen molar-refractivity contribution in [2.24, 2.45) is 0 Å². The summed E-state index contributed by atoms with van der Waals surface area (Å²) in [4.78, 5) is 16.1. The van der Waals surface area contributed by atoms with Gasteiger partial charge in [0.2, 0.25) is 0 Å². The van der Waals surface area contributed by atoms with Gasteiger partial charge in [0.1, 0.15) is 0 Å². The zero-order valence-corrected chi connectivity index (χ0v) is 17.6. The lowest BCUT2D eigenvalue weighted by Gasteiger charge is -2.35. The van der Waals surface area contributed by atoms with Gasteiger partial charge in [-0.3, -0.25) is 0 Å². The number of carbonyl (C=O) groups is 1. The molecule has 0 spiro atoms. The Kier molecular flexibility index (Phi) is 6.18. The van der Waals surface area contributed by atoms with Gasteiger partial charge in [-0.15, -0.1) is 10.2 Å². The Bertz CT molecular complexity index is 1080. The van der Waals surface area contributed by atoms with Crippen molar-refractivity contribution >= 4 is 29.1 Å². The van der Waals surface area contributed by atoms with Gasteiger partial charge in [-0.05, 0) is 42.5 Å². The van der Waals surface area contributed by atoms with E-state index >= 15 is 0 Å². The molecule has 10 heteroatoms. The predicted molar refractivity (Wildman–Crippen MR) is 117 cm³/mol. The van der Waals surface area contributed by atoms with E-state index in [1.165, 1.54) is 12.1 Å². The van der Waals surface area contributed by atoms with Crippen LogP contribution in [0.4, 0.5) is 29.5 Å². The summed E-state index contributed by atoms with van der Waals surface area (Å²) >= 11 is 6.21. The molecule has 6 nitrogen and oxygen atoms in total. The van der Waals surface area contributed by atoms with Crippen molar-refractivity contribution in [3.8, 4) is 11.3 Å². The van der Waals surface area contributed by atoms with E-state index in [1.54, 1.807) is 11.0 Å². The molecule has 1 aromatic heterocycles. The summed E-state index contributed by atoms with van der Waals surface area (Å²) < 4.78 is 38.0. The Labute approximate surface area is 187 Å². The molecule has 0 unspecified atom stereocenters. The summed E-state index contributed by atoms with van der Waals surface area (Å²) in [5.74, 6) is 0.698. The fourth-order valence-electron chi connectivity index (χ4n) is 3.39. The lowest BCUT2D eigenvalue weighted by atomic mass is 10.1. The Morgan fingerprint density at radius 1 is 0.906 bits per heavy atom. The van der Waals surface area contributed by atoms with Crippen LogP contribution in [0.25, 0.3) is 11.3 Å². The van der Waals surface area contributed by atoms with Gasteiger partial charge < -0.3 is 15.1 Å². The van der Waals surface area contributed by atoms with Crippen LogP contribution in [0.3, 0.4) is 0 Å². The number of aromatic nitrogens is 2. The molecular weight excluding hydrogens is 443 g/mol. The largest absolute Gasteiger partial charge is 0.416 e. The van der Waals surface area contributed by atoms with E-state index in [0.29, 0.717) is 48.4 Å². The molecule has 0 radical (unpaired) electrons. The van der Waals surface area contributed by atoms with Crippen molar-refractivity contribution in [2.45, 2.75) is 6.18 Å². The second kappa shape index (κ2) is 9.04. The smallest absolute Gasteiger partial charge is 0.352 e. The Hall–Kier alpha value is -3.33. The van der Waals surface area contributed by atoms with Crippen LogP contribution in [-0.4, -0.2) is 47.3 Å². The number of nitrogens with one attached hydrogen (secondary N) is 1. The summed E-state index contributed by atoms with van der Waals surface area (Å²) in [6.07, 6.45) is -4.41. The number of urea groups is 1. The summed E-state index contributed by atoms with van der Waals surface area (Å²) in [6, 6.07) is 15.1. The lowest BCUT2D eigenvalue weighted by Crippen LogP contribution is -2.50. The minimum atomic E-state index is -4.41. The summed E-state index contributed by atoms with van der Waals surface area (Å²) in [5, 5.41) is 11.8. The molecular formula is C22H19ClF3N5O. The molecule has 3 aromatic rings. The van der Waals surface area contributed by atoms with Crippen molar-refractivity contribution in [3.05, 3.63) is 71.2 Å². The number of nitrogens with zero attached hydrogens (tertiary/aromatic N) is 4. The quantitative estimate of drug-likeness (QED) is 0.584. The van der Waals surface area contributed by atoms with E-state index in [2.05, 4.69) is 15.5 Å². The first kappa shape index (κ1) is 21.9. The van der Waals surface area contributed by atoms with Crippen LogP contribution < -0.4 is 10.2 Å². The summed E-state index contributed by atoms with van der Waals surface area (Å²) in [6.45, 7) is 2.00. The lowest BCUT2D eigenvalue weighted by molar-refractivity contribution is -0.137. The topological polar surface area (TPSA) is 61.4 Å². The number of rotatable bonds is 3. The van der Waals surface area contributed by atoms with Crippen LogP contribution in [-0.2, 0) is 6.18 Å². The number of amides is 2. The van der Waals surface area contributed by atoms with E-state index in [0.717, 1.165) is 17.7 Å². The van der Waals surface area contributed by atoms with Crippen molar-refractivity contribution in [2.75, 3.05) is 36.4 Å². The molecule has 0 aliphatic carbocycles. The molecule has 1 fully saturated rings. The highest BCUT2D eigenvalue weighted by molar-refractivity contribution is 6.33. The number of hydrogen-bond acceptors (Lipinski definition) is 4. The van der Waals surface area contributed by atoms with E-state index in [1.807, 2.05) is 35.2 Å². The third-order valence-corrected chi connectivity index (χ3v) is 5.48. The Balaban J connectivity index is 1.33. The fraction of sp³-hybridized carbons (Fsp3) is 0.227. The molecule has 166 valence electrons. The Morgan fingerprint density at radius 2 is 1.59 bits per heavy atom. The monoisotopic (exact) mass is 461 g/mol. The molecule has 32 heavy (non-hydrogen) atoms. The first-order chi connectivity index (χ1) is 15.3. The number of piperazine rings is 1. The average Bonchev–Trinajstić information content (AvgIpc) is 2.79. The normalized spacial score (nSPS) is 14.4. The van der Waals surface area contributed by atoms with Gasteiger partial charge >= 0.3 is 12.2 Å². The molecule has 2 amide bonds. The number of alkyl halides is 3. The van der Waals surface area contributed by atoms with Gasteiger partial charge in [0.25, 0.3) is 0 Å². The first-order valence-electron chi connectivity index (χ1n) is 9.88. The predicted octanol–water partition coefficient (Wildman–Crippen LogP) is 5.17. The SMILES string of the molecule is O=C(Nc1ccc(C(F)(F)F)cc1)N1CCN(c2ccc(-c3ccccc3Cl)nn2)CC1. The molecule has 2 aromatic carbocycles. The molecule has 1 N–H and O–H groups in total. The van der Waals surface area contributed by atoms with Gasteiger partial charge in [-0.1, -0.05) is 29.8 Å². The van der Waals surface area contributed by atoms with Crippen LogP contribution in [0.1, 0.15) is 5.56 Å². The van der Waals surface area contributed by atoms with Gasteiger partial charge in [-0.25, -0.2) is 4.79 Å². The van der Waals surface area contributed by atoms with Crippen LogP contribution in [0, 0.1) is 0 Å². The zero-order chi connectivity index (χ0) is 22.7. The van der Waals surface area contributed by atoms with Crippen LogP contribution >= 0.6 is 11.6 Å². The molecule has 1 aliphatic rings. The maximum absolute atomic E-state index is 12.7. The molecule has 0 atom stereocenters.